The lowest BCUT2D eigenvalue weighted by Gasteiger charge is -2.20. The van der Waals surface area contributed by atoms with Gasteiger partial charge < -0.3 is 25.8 Å². The standard InChI is InChI=1S/C17H27N3O.C7H15NO.C5H11NOS.C3H5N.C3H8.C2H6/c1-4-7-13-20(6-3)14-12-19-17(21)15-8-10-16(11-9-15)18-5-2;1-4-7(5-2)8-6(3)9;1-6(2)5(7)4-8-3;1-2-3-4;1-3-2;1-2/h5,8-11,18H,2,4,6-7,12-14H2,1,3H3,(H,19,21);7H,4-5H2,1-3H3,(H,8,9);4H2,1-3H3;2H2,1H3;3H2,1-2H3;1-2H3. The lowest BCUT2D eigenvalue weighted by atomic mass is 10.2. The molecule has 1 rings (SSSR count). The molecule has 0 radical (unpaired) electrons. The van der Waals surface area contributed by atoms with Gasteiger partial charge in [-0.05, 0) is 69.1 Å². The van der Waals surface area contributed by atoms with Crippen LogP contribution in [-0.2, 0) is 9.59 Å². The van der Waals surface area contributed by atoms with Gasteiger partial charge in [-0.2, -0.15) is 17.0 Å². The molecular weight excluding hydrogens is 609 g/mol. The molecule has 0 aliphatic heterocycles. The van der Waals surface area contributed by atoms with Gasteiger partial charge in [0.1, 0.15) is 0 Å². The molecule has 3 N–H and O–H groups in total. The average Bonchev–Trinajstić information content (AvgIpc) is 3.07. The van der Waals surface area contributed by atoms with Crippen molar-refractivity contribution in [1.82, 2.24) is 20.4 Å². The van der Waals surface area contributed by atoms with Crippen LogP contribution in [0.5, 0.6) is 0 Å². The third-order valence-electron chi connectivity index (χ3n) is 5.72. The van der Waals surface area contributed by atoms with Gasteiger partial charge in [0.25, 0.3) is 5.91 Å². The average molecular weight is 681 g/mol. The molecule has 9 nitrogen and oxygen atoms in total. The Morgan fingerprint density at radius 3 is 1.79 bits per heavy atom. The summed E-state index contributed by atoms with van der Waals surface area (Å²) in [6, 6.07) is 9.68. The first kappa shape index (κ1) is 53.5. The minimum Gasteiger partial charge on any atom is -0.362 e. The van der Waals surface area contributed by atoms with E-state index in [0.29, 0.717) is 30.3 Å². The van der Waals surface area contributed by atoms with Crippen molar-refractivity contribution < 1.29 is 14.4 Å². The largest absolute Gasteiger partial charge is 0.362 e. The van der Waals surface area contributed by atoms with E-state index in [1.807, 2.05) is 57.4 Å². The summed E-state index contributed by atoms with van der Waals surface area (Å²) in [4.78, 5) is 37.1. The monoisotopic (exact) mass is 681 g/mol. The number of nitriles is 1. The van der Waals surface area contributed by atoms with Crippen LogP contribution < -0.4 is 16.0 Å². The molecular formula is C37H72N6O3S. The number of thioether (sulfide) groups is 1. The third kappa shape index (κ3) is 40.9. The second-order valence-corrected chi connectivity index (χ2v) is 11.0. The smallest absolute Gasteiger partial charge is 0.251 e. The number of unbranched alkanes of at least 4 members (excludes halogenated alkanes) is 1. The van der Waals surface area contributed by atoms with Crippen LogP contribution in [0, 0.1) is 11.3 Å². The fourth-order valence-electron chi connectivity index (χ4n) is 3.11. The van der Waals surface area contributed by atoms with Crippen molar-refractivity contribution in [2.75, 3.05) is 57.6 Å². The number of nitrogens with zero attached hydrogens (tertiary/aromatic N) is 3. The van der Waals surface area contributed by atoms with E-state index in [0.717, 1.165) is 38.2 Å². The van der Waals surface area contributed by atoms with E-state index in [1.165, 1.54) is 19.3 Å². The summed E-state index contributed by atoms with van der Waals surface area (Å²) in [5.74, 6) is 0.820. The van der Waals surface area contributed by atoms with Gasteiger partial charge in [-0.3, -0.25) is 14.4 Å². The summed E-state index contributed by atoms with van der Waals surface area (Å²) in [6.45, 7) is 27.4. The fourth-order valence-corrected chi connectivity index (χ4v) is 3.61. The Kier molecular flexibility index (Phi) is 48.9. The van der Waals surface area contributed by atoms with Gasteiger partial charge in [0.2, 0.25) is 11.8 Å². The van der Waals surface area contributed by atoms with Crippen molar-refractivity contribution in [3.63, 3.8) is 0 Å². The Morgan fingerprint density at radius 2 is 1.49 bits per heavy atom. The molecule has 10 heteroatoms. The maximum Gasteiger partial charge on any atom is 0.251 e. The number of carbonyl (C=O) groups is 3. The van der Waals surface area contributed by atoms with E-state index in [-0.39, 0.29) is 17.7 Å². The molecule has 0 fully saturated rings. The molecule has 274 valence electrons. The summed E-state index contributed by atoms with van der Waals surface area (Å²) in [6.07, 6.45) is 9.87. The van der Waals surface area contributed by atoms with E-state index >= 15 is 0 Å². The highest BCUT2D eigenvalue weighted by atomic mass is 32.2. The summed E-state index contributed by atoms with van der Waals surface area (Å²) < 4.78 is 0. The molecule has 47 heavy (non-hydrogen) atoms. The van der Waals surface area contributed by atoms with Crippen molar-refractivity contribution in [2.24, 2.45) is 0 Å². The Bertz CT molecular complexity index is 885. The molecule has 0 heterocycles. The highest BCUT2D eigenvalue weighted by Gasteiger charge is 2.06. The predicted molar refractivity (Wildman–Crippen MR) is 208 cm³/mol. The first-order chi connectivity index (χ1) is 22.4. The van der Waals surface area contributed by atoms with Crippen LogP contribution in [0.2, 0.25) is 0 Å². The SMILES string of the molecule is C=CNc1ccc(C(=O)NCCN(CC)CCCC)cc1.CC.CCC.CCC#N.CCC(CC)NC(C)=O.CSCC(=O)N(C)C. The number of hydrogen-bond donors (Lipinski definition) is 3. The lowest BCUT2D eigenvalue weighted by molar-refractivity contribution is -0.125. The molecule has 0 saturated carbocycles. The van der Waals surface area contributed by atoms with Crippen LogP contribution in [0.3, 0.4) is 0 Å². The zero-order chi connectivity index (χ0) is 37.5. The molecule has 0 aliphatic carbocycles. The number of rotatable bonds is 15. The number of nitrogens with one attached hydrogen (secondary N) is 3. The molecule has 0 bridgehead atoms. The second-order valence-electron chi connectivity index (χ2n) is 10.1. The van der Waals surface area contributed by atoms with Gasteiger partial charge in [0.15, 0.2) is 0 Å². The first-order valence-corrected chi connectivity index (χ1v) is 18.6. The Labute approximate surface area is 294 Å². The van der Waals surface area contributed by atoms with Gasteiger partial charge in [-0.25, -0.2) is 0 Å². The number of amides is 3. The number of benzene rings is 1. The second kappa shape index (κ2) is 43.0. The lowest BCUT2D eigenvalue weighted by Crippen LogP contribution is -2.35. The third-order valence-corrected chi connectivity index (χ3v) is 6.26. The van der Waals surface area contributed by atoms with Crippen molar-refractivity contribution >= 4 is 35.2 Å². The van der Waals surface area contributed by atoms with Gasteiger partial charge in [-0.1, -0.05) is 81.7 Å². The van der Waals surface area contributed by atoms with Crippen LogP contribution in [0.1, 0.15) is 118 Å². The van der Waals surface area contributed by atoms with Gasteiger partial charge in [0.05, 0.1) is 11.8 Å². The minimum absolute atomic E-state index is 0.0216. The number of carbonyl (C=O) groups excluding carboxylic acids is 3. The summed E-state index contributed by atoms with van der Waals surface area (Å²) in [5, 5.41) is 16.4. The Balaban J connectivity index is -0.000000187. The van der Waals surface area contributed by atoms with E-state index in [4.69, 9.17) is 5.26 Å². The van der Waals surface area contributed by atoms with E-state index in [1.54, 1.807) is 43.9 Å². The predicted octanol–water partition coefficient (Wildman–Crippen LogP) is 8.20. The molecule has 0 saturated heterocycles. The molecule has 0 aromatic heterocycles. The van der Waals surface area contributed by atoms with Crippen molar-refractivity contribution in [2.45, 2.75) is 114 Å². The summed E-state index contributed by atoms with van der Waals surface area (Å²) >= 11 is 1.55. The topological polar surface area (TPSA) is 118 Å². The van der Waals surface area contributed by atoms with E-state index in [9.17, 15) is 14.4 Å². The highest BCUT2D eigenvalue weighted by Crippen LogP contribution is 2.09. The molecule has 1 aromatic carbocycles. The Hall–Kier alpha value is -3.03. The first-order valence-electron chi connectivity index (χ1n) is 17.2. The molecule has 0 unspecified atom stereocenters. The van der Waals surface area contributed by atoms with Gasteiger partial charge in [-0.15, -0.1) is 0 Å². The summed E-state index contributed by atoms with van der Waals surface area (Å²) in [7, 11) is 3.52. The molecule has 0 atom stereocenters. The number of anilines is 1. The quantitative estimate of drug-likeness (QED) is 0.171. The molecule has 0 aliphatic rings. The van der Waals surface area contributed by atoms with Crippen LogP contribution in [0.4, 0.5) is 5.69 Å². The fraction of sp³-hybridized carbons (Fsp3) is 0.676. The van der Waals surface area contributed by atoms with Crippen LogP contribution in [0.15, 0.2) is 37.0 Å². The zero-order valence-corrected chi connectivity index (χ0v) is 33.2. The highest BCUT2D eigenvalue weighted by molar-refractivity contribution is 7.99. The van der Waals surface area contributed by atoms with Crippen LogP contribution in [0.25, 0.3) is 0 Å². The van der Waals surface area contributed by atoms with E-state index < -0.39 is 0 Å². The zero-order valence-electron chi connectivity index (χ0n) is 32.4. The summed E-state index contributed by atoms with van der Waals surface area (Å²) in [5.41, 5.74) is 1.61. The van der Waals surface area contributed by atoms with Gasteiger partial charge in [0, 0.05) is 57.8 Å². The minimum atomic E-state index is -0.0216. The normalized spacial score (nSPS) is 8.98. The maximum absolute atomic E-state index is 12.0. The van der Waals surface area contributed by atoms with Crippen molar-refractivity contribution in [1.29, 1.82) is 5.26 Å². The van der Waals surface area contributed by atoms with E-state index in [2.05, 4.69) is 69.0 Å². The number of hydrogen-bond acceptors (Lipinski definition) is 7. The Morgan fingerprint density at radius 1 is 0.979 bits per heavy atom. The van der Waals surface area contributed by atoms with Crippen molar-refractivity contribution in [3.8, 4) is 6.07 Å². The number of likely N-dealkylation sites (N-methyl/N-ethyl adjacent to an activating group) is 1. The maximum atomic E-state index is 12.0. The molecule has 3 amide bonds. The van der Waals surface area contributed by atoms with Crippen LogP contribution >= 0.6 is 11.8 Å². The molecule has 1 aromatic rings. The van der Waals surface area contributed by atoms with Crippen molar-refractivity contribution in [3.05, 3.63) is 42.6 Å². The van der Waals surface area contributed by atoms with Gasteiger partial charge >= 0.3 is 0 Å². The molecule has 0 spiro atoms. The van der Waals surface area contributed by atoms with Crippen LogP contribution in [-0.4, -0.2) is 85.8 Å².